The number of aliphatic hydroxyl groups excluding tert-OH is 1. The van der Waals surface area contributed by atoms with Crippen molar-refractivity contribution >= 4 is 8.32 Å². The lowest BCUT2D eigenvalue weighted by molar-refractivity contribution is -0.347. The van der Waals surface area contributed by atoms with Crippen LogP contribution in [0.4, 0.5) is 0 Å². The van der Waals surface area contributed by atoms with Gasteiger partial charge in [0, 0.05) is 31.5 Å². The summed E-state index contributed by atoms with van der Waals surface area (Å²) in [5, 5.41) is 11.3. The first kappa shape index (κ1) is 34.5. The number of hydrogen-bond acceptors (Lipinski definition) is 6. The molecule has 0 aromatic heterocycles. The maximum Gasteiger partial charge on any atom is 0.192 e. The third kappa shape index (κ3) is 9.51. The molecule has 2 saturated heterocycles. The molecule has 7 heteroatoms. The van der Waals surface area contributed by atoms with E-state index >= 15 is 0 Å². The predicted molar refractivity (Wildman–Crippen MR) is 169 cm³/mol. The van der Waals surface area contributed by atoms with Crippen LogP contribution in [0, 0.1) is 17.8 Å². The van der Waals surface area contributed by atoms with Gasteiger partial charge < -0.3 is 28.5 Å². The van der Waals surface area contributed by atoms with Gasteiger partial charge in [0.25, 0.3) is 0 Å². The van der Waals surface area contributed by atoms with Crippen LogP contribution in [0.2, 0.25) is 18.1 Å². The van der Waals surface area contributed by atoms with Gasteiger partial charge in [0.15, 0.2) is 14.1 Å². The van der Waals surface area contributed by atoms with E-state index in [0.29, 0.717) is 24.9 Å². The van der Waals surface area contributed by atoms with Gasteiger partial charge in [-0.25, -0.2) is 0 Å². The Morgan fingerprint density at radius 3 is 2.37 bits per heavy atom. The molecular formula is C34H60O6Si. The van der Waals surface area contributed by atoms with Crippen molar-refractivity contribution in [3.63, 3.8) is 0 Å². The fourth-order valence-electron chi connectivity index (χ4n) is 6.03. The highest BCUT2D eigenvalue weighted by Gasteiger charge is 2.50. The predicted octanol–water partition coefficient (Wildman–Crippen LogP) is 8.12. The molecule has 236 valence electrons. The Hall–Kier alpha value is -0.963. The molecule has 41 heavy (non-hydrogen) atoms. The maximum absolute atomic E-state index is 11.2. The molecular weight excluding hydrogens is 532 g/mol. The summed E-state index contributed by atoms with van der Waals surface area (Å²) in [7, 11) is -0.173. The van der Waals surface area contributed by atoms with Gasteiger partial charge in [-0.1, -0.05) is 60.1 Å². The van der Waals surface area contributed by atoms with Crippen LogP contribution in [0.15, 0.2) is 24.3 Å². The third-order valence-electron chi connectivity index (χ3n) is 10.1. The molecule has 0 radical (unpaired) electrons. The Balaban J connectivity index is 1.55. The van der Waals surface area contributed by atoms with E-state index in [1.807, 2.05) is 12.1 Å². The van der Waals surface area contributed by atoms with Crippen molar-refractivity contribution in [2.75, 3.05) is 13.7 Å². The van der Waals surface area contributed by atoms with Crippen LogP contribution in [0.3, 0.4) is 0 Å². The lowest BCUT2D eigenvalue weighted by Crippen LogP contribution is -2.56. The van der Waals surface area contributed by atoms with Gasteiger partial charge in [-0.2, -0.15) is 0 Å². The van der Waals surface area contributed by atoms with Crippen molar-refractivity contribution in [3.05, 3.63) is 29.8 Å². The summed E-state index contributed by atoms with van der Waals surface area (Å²) in [6, 6.07) is 8.05. The highest BCUT2D eigenvalue weighted by Crippen LogP contribution is 2.45. The molecule has 0 saturated carbocycles. The van der Waals surface area contributed by atoms with E-state index in [0.717, 1.165) is 56.4 Å². The van der Waals surface area contributed by atoms with Crippen LogP contribution >= 0.6 is 0 Å². The second kappa shape index (κ2) is 14.7. The van der Waals surface area contributed by atoms with E-state index < -0.39 is 20.2 Å². The van der Waals surface area contributed by atoms with Crippen LogP contribution in [-0.4, -0.2) is 57.3 Å². The molecule has 0 unspecified atom stereocenters. The van der Waals surface area contributed by atoms with E-state index in [4.69, 9.17) is 23.4 Å². The molecule has 8 atom stereocenters. The topological polar surface area (TPSA) is 66.4 Å². The molecule has 2 aliphatic heterocycles. The Labute approximate surface area is 252 Å². The molecule has 0 amide bonds. The number of hydrogen-bond donors (Lipinski definition) is 1. The highest BCUT2D eigenvalue weighted by atomic mass is 28.4. The molecule has 1 N–H and O–H groups in total. The summed E-state index contributed by atoms with van der Waals surface area (Å²) < 4.78 is 31.7. The Morgan fingerprint density at radius 2 is 1.76 bits per heavy atom. The summed E-state index contributed by atoms with van der Waals surface area (Å²) in [5.41, 5.74) is 1.15. The third-order valence-corrected chi connectivity index (χ3v) is 14.7. The Morgan fingerprint density at radius 1 is 1.10 bits per heavy atom. The van der Waals surface area contributed by atoms with Gasteiger partial charge in [-0.15, -0.1) is 0 Å². The smallest absolute Gasteiger partial charge is 0.192 e. The number of aliphatic hydroxyl groups is 1. The minimum atomic E-state index is -1.85. The largest absolute Gasteiger partial charge is 0.497 e. The standard InChI is InChI=1S/C34H60O6Si/c1-11-27(22-37-23-28-12-15-29(36-8)16-13-28)14-17-31-26(4)30(35)21-34(38-31)19-18-24(2)32(39-34)20-25(3)40-41(9,10)33(5,6)7/h12-13,15-16,24-27,30-32,35H,11,14,17-23H2,1-10H3/t24-,25+,26-,27+,30-,31-,32-,34-/m0/s1. The fraction of sp³-hybridized carbons (Fsp3) is 0.824. The zero-order valence-corrected chi connectivity index (χ0v) is 28.7. The summed E-state index contributed by atoms with van der Waals surface area (Å²) in [4.78, 5) is 0. The molecule has 2 fully saturated rings. The minimum Gasteiger partial charge on any atom is -0.497 e. The van der Waals surface area contributed by atoms with Crippen LogP contribution in [0.1, 0.15) is 99.0 Å². The highest BCUT2D eigenvalue weighted by molar-refractivity contribution is 6.74. The lowest BCUT2D eigenvalue weighted by Gasteiger charge is -2.51. The van der Waals surface area contributed by atoms with Crippen LogP contribution in [0.5, 0.6) is 5.75 Å². The first-order valence-corrected chi connectivity index (χ1v) is 19.0. The Kier molecular flexibility index (Phi) is 12.4. The molecule has 6 nitrogen and oxygen atoms in total. The van der Waals surface area contributed by atoms with Gasteiger partial charge in [-0.3, -0.25) is 0 Å². The van der Waals surface area contributed by atoms with Crippen molar-refractivity contribution in [1.82, 2.24) is 0 Å². The average molecular weight is 593 g/mol. The van der Waals surface area contributed by atoms with Gasteiger partial charge in [-0.05, 0) is 80.3 Å². The zero-order chi connectivity index (χ0) is 30.4. The number of ether oxygens (including phenoxy) is 4. The second-order valence-corrected chi connectivity index (χ2v) is 19.3. The first-order valence-electron chi connectivity index (χ1n) is 16.1. The molecule has 2 heterocycles. The van der Waals surface area contributed by atoms with E-state index in [2.05, 4.69) is 73.7 Å². The molecule has 1 aromatic carbocycles. The number of methoxy groups -OCH3 is 1. The summed E-state index contributed by atoms with van der Waals surface area (Å²) >= 11 is 0. The van der Waals surface area contributed by atoms with E-state index in [1.165, 1.54) is 0 Å². The monoisotopic (exact) mass is 592 g/mol. The zero-order valence-electron chi connectivity index (χ0n) is 27.7. The van der Waals surface area contributed by atoms with E-state index in [9.17, 15) is 5.11 Å². The summed E-state index contributed by atoms with van der Waals surface area (Å²) in [6.07, 6.45) is 6.01. The van der Waals surface area contributed by atoms with Gasteiger partial charge in [0.2, 0.25) is 0 Å². The summed E-state index contributed by atoms with van der Waals surface area (Å²) in [5.74, 6) is 1.14. The summed E-state index contributed by atoms with van der Waals surface area (Å²) in [6.45, 7) is 21.7. The van der Waals surface area contributed by atoms with Crippen molar-refractivity contribution in [2.45, 2.75) is 148 Å². The SMILES string of the molecule is CC[C@H](CC[C@@H]1O[C@]2(CC[C@H](C)[C@H](C[C@@H](C)O[Si](C)(C)C(C)(C)C)O2)C[C@H](O)[C@@H]1C)COCc1ccc(OC)cc1. The van der Waals surface area contributed by atoms with Crippen LogP contribution in [0.25, 0.3) is 0 Å². The normalized spacial score (nSPS) is 30.8. The Bertz CT molecular complexity index is 915. The second-order valence-electron chi connectivity index (χ2n) is 14.5. The lowest BCUT2D eigenvalue weighted by atomic mass is 9.80. The van der Waals surface area contributed by atoms with Crippen molar-refractivity contribution in [2.24, 2.45) is 17.8 Å². The first-order chi connectivity index (χ1) is 19.2. The van der Waals surface area contributed by atoms with E-state index in [1.54, 1.807) is 7.11 Å². The quantitative estimate of drug-likeness (QED) is 0.233. The molecule has 1 spiro atoms. The molecule has 0 bridgehead atoms. The van der Waals surface area contributed by atoms with Gasteiger partial charge in [0.05, 0.1) is 32.0 Å². The van der Waals surface area contributed by atoms with Gasteiger partial charge in [0.1, 0.15) is 5.75 Å². The van der Waals surface area contributed by atoms with Crippen molar-refractivity contribution in [1.29, 1.82) is 0 Å². The fourth-order valence-corrected chi connectivity index (χ4v) is 7.49. The van der Waals surface area contributed by atoms with Crippen LogP contribution in [-0.2, 0) is 25.2 Å². The molecule has 2 aliphatic rings. The molecule has 0 aliphatic carbocycles. The molecule has 3 rings (SSSR count). The van der Waals surface area contributed by atoms with Crippen LogP contribution < -0.4 is 4.74 Å². The number of rotatable bonds is 13. The van der Waals surface area contributed by atoms with Crippen molar-refractivity contribution < 1.29 is 28.5 Å². The minimum absolute atomic E-state index is 0.0238. The van der Waals surface area contributed by atoms with E-state index in [-0.39, 0.29) is 29.3 Å². The van der Waals surface area contributed by atoms with Gasteiger partial charge >= 0.3 is 0 Å². The molecule has 1 aromatic rings. The average Bonchev–Trinajstić information content (AvgIpc) is 2.90. The number of benzene rings is 1. The maximum atomic E-state index is 11.2. The van der Waals surface area contributed by atoms with Crippen molar-refractivity contribution in [3.8, 4) is 5.75 Å².